The number of rotatable bonds is 10. The number of aliphatic carboxylic acids is 1. The minimum atomic E-state index is -2.00. The number of benzene rings is 1. The van der Waals surface area contributed by atoms with Crippen molar-refractivity contribution in [3.63, 3.8) is 0 Å². The maximum atomic E-state index is 12.7. The van der Waals surface area contributed by atoms with E-state index >= 15 is 0 Å². The van der Waals surface area contributed by atoms with E-state index in [4.69, 9.17) is 4.43 Å². The van der Waals surface area contributed by atoms with Crippen LogP contribution in [0.25, 0.3) is 0 Å². The predicted molar refractivity (Wildman–Crippen MR) is 115 cm³/mol. The molecule has 29 heavy (non-hydrogen) atoms. The van der Waals surface area contributed by atoms with Gasteiger partial charge in [-0.05, 0) is 23.7 Å². The van der Waals surface area contributed by atoms with Gasteiger partial charge >= 0.3 is 5.97 Å². The van der Waals surface area contributed by atoms with Crippen molar-refractivity contribution >= 4 is 26.1 Å². The third kappa shape index (κ3) is 8.37. The fraction of sp³-hybridized carbons (Fsp3) is 0.571. The van der Waals surface area contributed by atoms with Crippen LogP contribution in [0.2, 0.25) is 18.1 Å². The first kappa shape index (κ1) is 24.8. The average Bonchev–Trinajstić information content (AvgIpc) is 2.59. The molecule has 3 N–H and O–H groups in total. The number of hydrogen-bond acceptors (Lipinski definition) is 4. The summed E-state index contributed by atoms with van der Waals surface area (Å²) < 4.78 is 6.03. The largest absolute Gasteiger partial charge is 0.480 e. The molecule has 2 amide bonds. The first-order chi connectivity index (χ1) is 13.3. The summed E-state index contributed by atoms with van der Waals surface area (Å²) in [6, 6.07) is 7.32. The molecule has 0 saturated carbocycles. The summed E-state index contributed by atoms with van der Waals surface area (Å²) in [7, 11) is -2.00. The Morgan fingerprint density at radius 1 is 1.07 bits per heavy atom. The van der Waals surface area contributed by atoms with Crippen molar-refractivity contribution in [2.45, 2.75) is 70.8 Å². The lowest BCUT2D eigenvalue weighted by Crippen LogP contribution is -2.52. The monoisotopic (exact) mass is 422 g/mol. The first-order valence-electron chi connectivity index (χ1n) is 9.81. The Balaban J connectivity index is 2.77. The Morgan fingerprint density at radius 3 is 2.14 bits per heavy atom. The summed E-state index contributed by atoms with van der Waals surface area (Å²) in [6.45, 7) is 12.1. The van der Waals surface area contributed by atoms with Gasteiger partial charge in [-0.15, -0.1) is 0 Å². The Morgan fingerprint density at radius 2 is 1.66 bits per heavy atom. The fourth-order valence-electron chi connectivity index (χ4n) is 2.48. The van der Waals surface area contributed by atoms with Crippen molar-refractivity contribution < 1.29 is 23.9 Å². The highest BCUT2D eigenvalue weighted by Gasteiger charge is 2.37. The van der Waals surface area contributed by atoms with Crippen LogP contribution in [0.3, 0.4) is 0 Å². The third-order valence-electron chi connectivity index (χ3n) is 5.27. The number of nitrogens with one attached hydrogen (secondary N) is 2. The van der Waals surface area contributed by atoms with Crippen LogP contribution in [0.4, 0.5) is 0 Å². The minimum absolute atomic E-state index is 0.0150. The van der Waals surface area contributed by atoms with E-state index in [-0.39, 0.29) is 30.4 Å². The molecule has 0 aliphatic heterocycles. The van der Waals surface area contributed by atoms with Gasteiger partial charge in [0.15, 0.2) is 8.32 Å². The van der Waals surface area contributed by atoms with E-state index < -0.39 is 32.3 Å². The summed E-state index contributed by atoms with van der Waals surface area (Å²) >= 11 is 0. The van der Waals surface area contributed by atoms with Gasteiger partial charge in [0, 0.05) is 26.4 Å². The fourth-order valence-corrected chi connectivity index (χ4v) is 3.54. The van der Waals surface area contributed by atoms with E-state index in [0.717, 1.165) is 5.56 Å². The van der Waals surface area contributed by atoms with Gasteiger partial charge in [0.2, 0.25) is 11.8 Å². The van der Waals surface area contributed by atoms with Gasteiger partial charge in [-0.25, -0.2) is 4.79 Å². The molecule has 0 aliphatic rings. The maximum Gasteiger partial charge on any atom is 0.326 e. The second-order valence-corrected chi connectivity index (χ2v) is 13.5. The first-order valence-corrected chi connectivity index (χ1v) is 12.7. The molecule has 1 rings (SSSR count). The van der Waals surface area contributed by atoms with Crippen molar-refractivity contribution in [2.24, 2.45) is 0 Å². The summed E-state index contributed by atoms with van der Waals surface area (Å²) in [5.41, 5.74) is 0.870. The molecule has 0 radical (unpaired) electrons. The predicted octanol–water partition coefficient (Wildman–Crippen LogP) is 2.72. The Kier molecular flexibility index (Phi) is 9.03. The van der Waals surface area contributed by atoms with Crippen LogP contribution in [-0.4, -0.2) is 49.9 Å². The van der Waals surface area contributed by atoms with Crippen LogP contribution in [0.5, 0.6) is 0 Å². The van der Waals surface area contributed by atoms with Crippen LogP contribution in [0.1, 0.15) is 39.7 Å². The molecule has 0 unspecified atom stereocenters. The minimum Gasteiger partial charge on any atom is -0.480 e. The summed E-state index contributed by atoms with van der Waals surface area (Å²) in [5, 5.41) is 14.7. The van der Waals surface area contributed by atoms with Crippen molar-refractivity contribution in [3.8, 4) is 0 Å². The van der Waals surface area contributed by atoms with Crippen molar-refractivity contribution in [1.29, 1.82) is 0 Å². The molecule has 0 heterocycles. The number of hydrogen-bond donors (Lipinski definition) is 3. The highest BCUT2D eigenvalue weighted by atomic mass is 28.4. The molecule has 1 aromatic carbocycles. The van der Waals surface area contributed by atoms with Gasteiger partial charge in [-0.1, -0.05) is 51.1 Å². The third-order valence-corrected chi connectivity index (χ3v) is 9.81. The van der Waals surface area contributed by atoms with Crippen LogP contribution >= 0.6 is 0 Å². The Labute approximate surface area is 174 Å². The molecule has 0 saturated heterocycles. The summed E-state index contributed by atoms with van der Waals surface area (Å²) in [6.07, 6.45) is 0.435. The maximum absolute atomic E-state index is 12.7. The summed E-state index contributed by atoms with van der Waals surface area (Å²) in [4.78, 5) is 35.9. The second kappa shape index (κ2) is 10.5. The van der Waals surface area contributed by atoms with Crippen LogP contribution < -0.4 is 10.6 Å². The summed E-state index contributed by atoms with van der Waals surface area (Å²) in [5.74, 6) is -2.00. The van der Waals surface area contributed by atoms with E-state index in [2.05, 4.69) is 44.5 Å². The van der Waals surface area contributed by atoms with E-state index in [1.165, 1.54) is 6.92 Å². The molecule has 0 spiro atoms. The van der Waals surface area contributed by atoms with E-state index in [9.17, 15) is 19.5 Å². The molecule has 1 aromatic rings. The number of carbonyl (C=O) groups is 3. The van der Waals surface area contributed by atoms with E-state index in [1.807, 2.05) is 30.3 Å². The SMILES string of the molecule is CC(=O)N[C@H](Cc1ccccc1)C(=O)N[C@H](CCO[Si](C)(C)C(C)(C)C)C(=O)O. The number of amides is 2. The lowest BCUT2D eigenvalue weighted by molar-refractivity contribution is -0.142. The zero-order valence-corrected chi connectivity index (χ0v) is 19.2. The van der Waals surface area contributed by atoms with Crippen LogP contribution in [0.15, 0.2) is 30.3 Å². The van der Waals surface area contributed by atoms with E-state index in [0.29, 0.717) is 0 Å². The number of carboxylic acids is 1. The normalized spacial score (nSPS) is 14.0. The smallest absolute Gasteiger partial charge is 0.326 e. The average molecular weight is 423 g/mol. The Bertz CT molecular complexity index is 701. The van der Waals surface area contributed by atoms with Crippen molar-refractivity contribution in [2.75, 3.05) is 6.61 Å². The van der Waals surface area contributed by atoms with Gasteiger partial charge < -0.3 is 20.2 Å². The highest BCUT2D eigenvalue weighted by Crippen LogP contribution is 2.36. The quantitative estimate of drug-likeness (QED) is 0.503. The van der Waals surface area contributed by atoms with Gasteiger partial charge in [-0.3, -0.25) is 9.59 Å². The lowest BCUT2D eigenvalue weighted by atomic mass is 10.0. The molecular weight excluding hydrogens is 388 g/mol. The molecule has 7 nitrogen and oxygen atoms in total. The molecular formula is C21H34N2O5Si. The van der Waals surface area contributed by atoms with Gasteiger partial charge in [0.25, 0.3) is 0 Å². The molecule has 0 aromatic heterocycles. The number of carbonyl (C=O) groups excluding carboxylic acids is 2. The van der Waals surface area contributed by atoms with Crippen molar-refractivity contribution in [1.82, 2.24) is 10.6 Å². The lowest BCUT2D eigenvalue weighted by Gasteiger charge is -2.36. The highest BCUT2D eigenvalue weighted by molar-refractivity contribution is 6.74. The van der Waals surface area contributed by atoms with Gasteiger partial charge in [0.05, 0.1) is 0 Å². The second-order valence-electron chi connectivity index (χ2n) is 8.74. The molecule has 0 bridgehead atoms. The topological polar surface area (TPSA) is 105 Å². The van der Waals surface area contributed by atoms with Gasteiger partial charge in [0.1, 0.15) is 12.1 Å². The van der Waals surface area contributed by atoms with Crippen molar-refractivity contribution in [3.05, 3.63) is 35.9 Å². The standard InChI is InChI=1S/C21H34N2O5Si/c1-15(24)22-18(14-16-10-8-7-9-11-16)19(25)23-17(20(26)27)12-13-28-29(5,6)21(2,3)4/h7-11,17-18H,12-14H2,1-6H3,(H,22,24)(H,23,25)(H,26,27)/t17-,18-/m1/s1. The molecule has 162 valence electrons. The molecule has 8 heteroatoms. The molecule has 2 atom stereocenters. The molecule has 0 fully saturated rings. The van der Waals surface area contributed by atoms with E-state index in [1.54, 1.807) is 0 Å². The zero-order valence-electron chi connectivity index (χ0n) is 18.2. The number of carboxylic acid groups (broad SMARTS) is 1. The Hall–Kier alpha value is -2.19. The zero-order chi connectivity index (χ0) is 22.2. The van der Waals surface area contributed by atoms with Crippen LogP contribution in [-0.2, 0) is 25.2 Å². The van der Waals surface area contributed by atoms with Crippen LogP contribution in [0, 0.1) is 0 Å². The molecule has 0 aliphatic carbocycles. The van der Waals surface area contributed by atoms with Gasteiger partial charge in [-0.2, -0.15) is 0 Å².